The van der Waals surface area contributed by atoms with Crippen LogP contribution < -0.4 is 15.5 Å². The first-order chi connectivity index (χ1) is 14.4. The minimum atomic E-state index is -0.704. The standard InChI is InChI=1S/C23H28ClN3O3/c1-4-12-30-20-7-5-6-17(14-20)15-25-27-23(29)21(13-16(2)3)26-22(28)18-8-10-19(24)11-9-18/h5-11,14-16,21H,4,12-13H2,1-3H3,(H,26,28)(H,27,29)/b25-15+. The summed E-state index contributed by atoms with van der Waals surface area (Å²) in [5.41, 5.74) is 3.76. The third kappa shape index (κ3) is 7.87. The number of ether oxygens (including phenoxy) is 1. The van der Waals surface area contributed by atoms with Gasteiger partial charge >= 0.3 is 0 Å². The first-order valence-electron chi connectivity index (χ1n) is 10.0. The molecule has 2 aromatic rings. The quantitative estimate of drug-likeness (QED) is 0.433. The highest BCUT2D eigenvalue weighted by Crippen LogP contribution is 2.13. The molecule has 1 unspecified atom stereocenters. The average molecular weight is 430 g/mol. The van der Waals surface area contributed by atoms with Crippen LogP contribution in [0.1, 0.15) is 49.5 Å². The summed E-state index contributed by atoms with van der Waals surface area (Å²) >= 11 is 5.86. The van der Waals surface area contributed by atoms with Crippen LogP contribution in [0.5, 0.6) is 5.75 Å². The van der Waals surface area contributed by atoms with Crippen LogP contribution in [0.3, 0.4) is 0 Å². The molecule has 0 heterocycles. The molecule has 6 nitrogen and oxygen atoms in total. The Morgan fingerprint density at radius 3 is 2.57 bits per heavy atom. The lowest BCUT2D eigenvalue weighted by Gasteiger charge is -2.19. The Morgan fingerprint density at radius 2 is 1.90 bits per heavy atom. The van der Waals surface area contributed by atoms with Gasteiger partial charge in [-0.2, -0.15) is 5.10 Å². The number of halogens is 1. The van der Waals surface area contributed by atoms with Gasteiger partial charge in [-0.3, -0.25) is 9.59 Å². The van der Waals surface area contributed by atoms with Gasteiger partial charge in [0.25, 0.3) is 11.8 Å². The van der Waals surface area contributed by atoms with E-state index in [1.807, 2.05) is 45.0 Å². The van der Waals surface area contributed by atoms with E-state index in [1.165, 1.54) is 0 Å². The molecule has 160 valence electrons. The summed E-state index contributed by atoms with van der Waals surface area (Å²) < 4.78 is 5.59. The predicted molar refractivity (Wildman–Crippen MR) is 120 cm³/mol. The molecule has 0 aromatic heterocycles. The topological polar surface area (TPSA) is 79.8 Å². The Bertz CT molecular complexity index is 866. The van der Waals surface area contributed by atoms with Crippen LogP contribution in [-0.2, 0) is 4.79 Å². The first-order valence-corrected chi connectivity index (χ1v) is 10.4. The van der Waals surface area contributed by atoms with Crippen molar-refractivity contribution in [1.29, 1.82) is 0 Å². The molecule has 2 aromatic carbocycles. The minimum Gasteiger partial charge on any atom is -0.494 e. The fourth-order valence-electron chi connectivity index (χ4n) is 2.70. The van der Waals surface area contributed by atoms with E-state index in [-0.39, 0.29) is 17.7 Å². The Morgan fingerprint density at radius 1 is 1.17 bits per heavy atom. The highest BCUT2D eigenvalue weighted by Gasteiger charge is 2.22. The van der Waals surface area contributed by atoms with E-state index in [4.69, 9.17) is 16.3 Å². The number of nitrogens with zero attached hydrogens (tertiary/aromatic N) is 1. The molecule has 7 heteroatoms. The predicted octanol–water partition coefficient (Wildman–Crippen LogP) is 4.42. The molecule has 0 fully saturated rings. The summed E-state index contributed by atoms with van der Waals surface area (Å²) in [5.74, 6) is 0.251. The number of amides is 2. The second-order valence-electron chi connectivity index (χ2n) is 7.32. The second-order valence-corrected chi connectivity index (χ2v) is 7.75. The van der Waals surface area contributed by atoms with Crippen molar-refractivity contribution in [3.05, 3.63) is 64.7 Å². The number of hydrogen-bond donors (Lipinski definition) is 2. The summed E-state index contributed by atoms with van der Waals surface area (Å²) in [5, 5.41) is 7.35. The highest BCUT2D eigenvalue weighted by atomic mass is 35.5. The Kier molecular flexibility index (Phi) is 9.35. The zero-order valence-electron chi connectivity index (χ0n) is 17.5. The van der Waals surface area contributed by atoms with Crippen LogP contribution >= 0.6 is 11.6 Å². The van der Waals surface area contributed by atoms with Gasteiger partial charge in [-0.1, -0.05) is 44.5 Å². The maximum atomic E-state index is 12.6. The lowest BCUT2D eigenvalue weighted by atomic mass is 10.0. The largest absolute Gasteiger partial charge is 0.494 e. The lowest BCUT2D eigenvalue weighted by Crippen LogP contribution is -2.46. The fourth-order valence-corrected chi connectivity index (χ4v) is 2.82. The van der Waals surface area contributed by atoms with Crippen molar-refractivity contribution in [3.63, 3.8) is 0 Å². The van der Waals surface area contributed by atoms with Crippen molar-refractivity contribution in [3.8, 4) is 5.75 Å². The van der Waals surface area contributed by atoms with E-state index >= 15 is 0 Å². The van der Waals surface area contributed by atoms with Crippen LogP contribution in [0.4, 0.5) is 0 Å². The van der Waals surface area contributed by atoms with Gasteiger partial charge in [0, 0.05) is 10.6 Å². The Labute approximate surface area is 182 Å². The molecule has 0 aliphatic carbocycles. The molecule has 2 rings (SSSR count). The van der Waals surface area contributed by atoms with E-state index in [2.05, 4.69) is 15.8 Å². The van der Waals surface area contributed by atoms with Crippen LogP contribution in [0.2, 0.25) is 5.02 Å². The van der Waals surface area contributed by atoms with Crippen molar-refractivity contribution in [2.45, 2.75) is 39.7 Å². The van der Waals surface area contributed by atoms with Crippen LogP contribution in [0, 0.1) is 5.92 Å². The number of hydrazone groups is 1. The van der Waals surface area contributed by atoms with Crippen LogP contribution in [-0.4, -0.2) is 30.7 Å². The van der Waals surface area contributed by atoms with Gasteiger partial charge in [0.15, 0.2) is 0 Å². The van der Waals surface area contributed by atoms with Crippen molar-refractivity contribution in [2.75, 3.05) is 6.61 Å². The molecule has 0 saturated carbocycles. The molecule has 0 radical (unpaired) electrons. The smallest absolute Gasteiger partial charge is 0.262 e. The van der Waals surface area contributed by atoms with Gasteiger partial charge in [0.2, 0.25) is 0 Å². The zero-order chi connectivity index (χ0) is 21.9. The Balaban J connectivity index is 2.00. The number of carbonyl (C=O) groups excluding carboxylic acids is 2. The van der Waals surface area contributed by atoms with Crippen LogP contribution in [0.15, 0.2) is 53.6 Å². The monoisotopic (exact) mass is 429 g/mol. The number of carbonyl (C=O) groups is 2. The number of nitrogens with one attached hydrogen (secondary N) is 2. The zero-order valence-corrected chi connectivity index (χ0v) is 18.3. The molecule has 0 aliphatic heterocycles. The van der Waals surface area contributed by atoms with E-state index in [0.717, 1.165) is 17.7 Å². The SMILES string of the molecule is CCCOc1cccc(/C=N/NC(=O)C(CC(C)C)NC(=O)c2ccc(Cl)cc2)c1. The molecule has 0 spiro atoms. The molecule has 1 atom stereocenters. The Hall–Kier alpha value is -2.86. The maximum Gasteiger partial charge on any atom is 0.262 e. The molecule has 30 heavy (non-hydrogen) atoms. The van der Waals surface area contributed by atoms with Gasteiger partial charge in [0.05, 0.1) is 12.8 Å². The van der Waals surface area contributed by atoms with Crippen LogP contribution in [0.25, 0.3) is 0 Å². The summed E-state index contributed by atoms with van der Waals surface area (Å²) in [4.78, 5) is 25.1. The molecule has 0 bridgehead atoms. The fraction of sp³-hybridized carbons (Fsp3) is 0.348. The summed E-state index contributed by atoms with van der Waals surface area (Å²) in [6.45, 7) is 6.65. The molecule has 0 aliphatic rings. The van der Waals surface area contributed by atoms with E-state index < -0.39 is 6.04 Å². The molecular formula is C23H28ClN3O3. The van der Waals surface area contributed by atoms with Crippen molar-refractivity contribution < 1.29 is 14.3 Å². The normalized spacial score (nSPS) is 12.0. The van der Waals surface area contributed by atoms with Gasteiger partial charge in [-0.05, 0) is 60.7 Å². The van der Waals surface area contributed by atoms with E-state index in [1.54, 1.807) is 30.5 Å². The third-order valence-electron chi connectivity index (χ3n) is 4.15. The average Bonchev–Trinajstić information content (AvgIpc) is 2.72. The van der Waals surface area contributed by atoms with Crippen molar-refractivity contribution in [1.82, 2.24) is 10.7 Å². The molecule has 2 amide bonds. The number of benzene rings is 2. The summed E-state index contributed by atoms with van der Waals surface area (Å²) in [6.07, 6.45) is 2.96. The van der Waals surface area contributed by atoms with E-state index in [0.29, 0.717) is 23.6 Å². The second kappa shape index (κ2) is 12.0. The number of hydrogen-bond acceptors (Lipinski definition) is 4. The highest BCUT2D eigenvalue weighted by molar-refractivity contribution is 6.30. The minimum absolute atomic E-state index is 0.211. The lowest BCUT2D eigenvalue weighted by molar-refractivity contribution is -0.123. The van der Waals surface area contributed by atoms with Gasteiger partial charge in [0.1, 0.15) is 11.8 Å². The van der Waals surface area contributed by atoms with Crippen molar-refractivity contribution in [2.24, 2.45) is 11.0 Å². The molecule has 0 saturated heterocycles. The molecular weight excluding hydrogens is 402 g/mol. The summed E-state index contributed by atoms with van der Waals surface area (Å²) in [6, 6.07) is 13.2. The first kappa shape index (κ1) is 23.4. The van der Waals surface area contributed by atoms with E-state index in [9.17, 15) is 9.59 Å². The van der Waals surface area contributed by atoms with Gasteiger partial charge in [-0.25, -0.2) is 5.43 Å². The third-order valence-corrected chi connectivity index (χ3v) is 4.41. The molecule has 2 N–H and O–H groups in total. The van der Waals surface area contributed by atoms with Gasteiger partial charge in [-0.15, -0.1) is 0 Å². The number of rotatable bonds is 10. The maximum absolute atomic E-state index is 12.6. The van der Waals surface area contributed by atoms with Crippen molar-refractivity contribution >= 4 is 29.6 Å². The summed E-state index contributed by atoms with van der Waals surface area (Å²) in [7, 11) is 0. The van der Waals surface area contributed by atoms with Gasteiger partial charge < -0.3 is 10.1 Å².